The van der Waals surface area contributed by atoms with E-state index >= 15 is 0 Å². The van der Waals surface area contributed by atoms with Crippen LogP contribution in [0.25, 0.3) is 10.9 Å². The molecule has 1 aliphatic rings. The maximum absolute atomic E-state index is 5.85. The largest absolute Gasteiger partial charge is 0.340 e. The molecule has 0 saturated heterocycles. The summed E-state index contributed by atoms with van der Waals surface area (Å²) in [4.78, 5) is 0. The van der Waals surface area contributed by atoms with Gasteiger partial charge in [0.25, 0.3) is 0 Å². The van der Waals surface area contributed by atoms with Crippen molar-refractivity contribution >= 4 is 10.9 Å². The maximum atomic E-state index is 5.85. The van der Waals surface area contributed by atoms with Crippen LogP contribution in [0.3, 0.4) is 0 Å². The summed E-state index contributed by atoms with van der Waals surface area (Å²) in [5, 5.41) is 1.35. The predicted molar refractivity (Wildman–Crippen MR) is 63.0 cm³/mol. The quantitative estimate of drug-likeness (QED) is 0.753. The number of benzene rings is 1. The molecule has 0 fully saturated rings. The summed E-state index contributed by atoms with van der Waals surface area (Å²) in [6.45, 7) is 0.756. The second-order valence-electron chi connectivity index (χ2n) is 4.35. The fourth-order valence-electron chi connectivity index (χ4n) is 2.73. The average molecular weight is 200 g/mol. The highest BCUT2D eigenvalue weighted by atomic mass is 15.0. The summed E-state index contributed by atoms with van der Waals surface area (Å²) in [7, 11) is 0. The van der Waals surface area contributed by atoms with E-state index in [2.05, 4.69) is 34.9 Å². The summed E-state index contributed by atoms with van der Waals surface area (Å²) in [6.07, 6.45) is 3.70. The minimum atomic E-state index is 0.508. The zero-order valence-corrected chi connectivity index (χ0v) is 8.82. The van der Waals surface area contributed by atoms with Gasteiger partial charge in [0.1, 0.15) is 0 Å². The van der Waals surface area contributed by atoms with Crippen LogP contribution >= 0.6 is 0 Å². The topological polar surface area (TPSA) is 30.9 Å². The lowest BCUT2D eigenvalue weighted by molar-refractivity contribution is 0.421. The van der Waals surface area contributed by atoms with Gasteiger partial charge in [-0.2, -0.15) is 0 Å². The molecule has 1 aliphatic heterocycles. The molecule has 15 heavy (non-hydrogen) atoms. The lowest BCUT2D eigenvalue weighted by Crippen LogP contribution is -2.24. The van der Waals surface area contributed by atoms with Crippen molar-refractivity contribution in [2.24, 2.45) is 5.73 Å². The van der Waals surface area contributed by atoms with Gasteiger partial charge in [-0.15, -0.1) is 0 Å². The van der Waals surface area contributed by atoms with Gasteiger partial charge in [0.05, 0.1) is 0 Å². The van der Waals surface area contributed by atoms with E-state index in [4.69, 9.17) is 5.73 Å². The highest BCUT2D eigenvalue weighted by Gasteiger charge is 2.20. The highest BCUT2D eigenvalue weighted by Crippen LogP contribution is 2.31. The second-order valence-corrected chi connectivity index (χ2v) is 4.35. The SMILES string of the molecule is NCC1CCCc2cc3ccccc3n21. The molecular weight excluding hydrogens is 184 g/mol. The van der Waals surface area contributed by atoms with Crippen molar-refractivity contribution in [2.45, 2.75) is 25.3 Å². The summed E-state index contributed by atoms with van der Waals surface area (Å²) in [5.74, 6) is 0. The molecular formula is C13H16N2. The van der Waals surface area contributed by atoms with Gasteiger partial charge in [-0.3, -0.25) is 0 Å². The van der Waals surface area contributed by atoms with E-state index in [0.717, 1.165) is 6.54 Å². The second kappa shape index (κ2) is 3.38. The monoisotopic (exact) mass is 200 g/mol. The lowest BCUT2D eigenvalue weighted by atomic mass is 10.0. The summed E-state index contributed by atoms with van der Waals surface area (Å²) in [5.41, 5.74) is 8.65. The number of para-hydroxylation sites is 1. The van der Waals surface area contributed by atoms with E-state index in [1.54, 1.807) is 0 Å². The Morgan fingerprint density at radius 1 is 1.33 bits per heavy atom. The van der Waals surface area contributed by atoms with Gasteiger partial charge in [-0.1, -0.05) is 18.2 Å². The zero-order valence-electron chi connectivity index (χ0n) is 8.82. The molecule has 3 rings (SSSR count). The number of fused-ring (bicyclic) bond motifs is 3. The Labute approximate surface area is 89.7 Å². The van der Waals surface area contributed by atoms with Crippen LogP contribution in [0.4, 0.5) is 0 Å². The van der Waals surface area contributed by atoms with Crippen molar-refractivity contribution in [1.29, 1.82) is 0 Å². The third-order valence-corrected chi connectivity index (χ3v) is 3.44. The first-order chi connectivity index (χ1) is 7.40. The average Bonchev–Trinajstić information content (AvgIpc) is 2.67. The first-order valence-corrected chi connectivity index (χ1v) is 5.69. The Kier molecular flexibility index (Phi) is 2.03. The normalized spacial score (nSPS) is 20.5. The Hall–Kier alpha value is -1.28. The highest BCUT2D eigenvalue weighted by molar-refractivity contribution is 5.81. The minimum Gasteiger partial charge on any atom is -0.340 e. The Bertz CT molecular complexity index is 484. The Morgan fingerprint density at radius 2 is 2.20 bits per heavy atom. The van der Waals surface area contributed by atoms with Crippen LogP contribution in [-0.4, -0.2) is 11.1 Å². The van der Waals surface area contributed by atoms with E-state index < -0.39 is 0 Å². The van der Waals surface area contributed by atoms with Gasteiger partial charge >= 0.3 is 0 Å². The number of nitrogens with two attached hydrogens (primary N) is 1. The van der Waals surface area contributed by atoms with Gasteiger partial charge in [0.2, 0.25) is 0 Å². The van der Waals surface area contributed by atoms with Gasteiger partial charge in [-0.25, -0.2) is 0 Å². The molecule has 0 aliphatic carbocycles. The molecule has 1 unspecified atom stereocenters. The summed E-state index contributed by atoms with van der Waals surface area (Å²) in [6, 6.07) is 11.4. The van der Waals surface area contributed by atoms with E-state index in [9.17, 15) is 0 Å². The third kappa shape index (κ3) is 1.29. The molecule has 0 bridgehead atoms. The number of hydrogen-bond acceptors (Lipinski definition) is 1. The number of aryl methyl sites for hydroxylation is 1. The van der Waals surface area contributed by atoms with Crippen LogP contribution in [0, 0.1) is 0 Å². The molecule has 2 nitrogen and oxygen atoms in total. The smallest absolute Gasteiger partial charge is 0.0485 e. The molecule has 78 valence electrons. The van der Waals surface area contributed by atoms with Gasteiger partial charge in [-0.05, 0) is 36.8 Å². The number of hydrogen-bond donors (Lipinski definition) is 1. The third-order valence-electron chi connectivity index (χ3n) is 3.44. The molecule has 2 heterocycles. The number of rotatable bonds is 1. The fraction of sp³-hybridized carbons (Fsp3) is 0.385. The van der Waals surface area contributed by atoms with E-state index in [0.29, 0.717) is 6.04 Å². The van der Waals surface area contributed by atoms with Crippen LogP contribution in [0.1, 0.15) is 24.6 Å². The standard InChI is InChI=1S/C13H16N2/c14-9-12-6-3-5-11-8-10-4-1-2-7-13(10)15(11)12/h1-2,4,7-8,12H,3,5-6,9,14H2. The van der Waals surface area contributed by atoms with Crippen molar-refractivity contribution in [2.75, 3.05) is 6.54 Å². The summed E-state index contributed by atoms with van der Waals surface area (Å²) >= 11 is 0. The predicted octanol–water partition coefficient (Wildman–Crippen LogP) is 2.48. The Morgan fingerprint density at radius 3 is 3.07 bits per heavy atom. The van der Waals surface area contributed by atoms with Crippen LogP contribution in [0.5, 0.6) is 0 Å². The minimum absolute atomic E-state index is 0.508. The zero-order chi connectivity index (χ0) is 10.3. The van der Waals surface area contributed by atoms with Crippen LogP contribution < -0.4 is 5.73 Å². The first kappa shape index (κ1) is 8.98. The lowest BCUT2D eigenvalue weighted by Gasteiger charge is -2.25. The fourth-order valence-corrected chi connectivity index (χ4v) is 2.73. The molecule has 1 aromatic heterocycles. The van der Waals surface area contributed by atoms with Gasteiger partial charge < -0.3 is 10.3 Å². The van der Waals surface area contributed by atoms with Crippen molar-refractivity contribution in [1.82, 2.24) is 4.57 Å². The van der Waals surface area contributed by atoms with E-state index in [1.165, 1.54) is 35.9 Å². The van der Waals surface area contributed by atoms with Crippen molar-refractivity contribution in [3.05, 3.63) is 36.0 Å². The van der Waals surface area contributed by atoms with Crippen molar-refractivity contribution in [3.8, 4) is 0 Å². The molecule has 1 atom stereocenters. The molecule has 2 aromatic rings. The van der Waals surface area contributed by atoms with Crippen LogP contribution in [-0.2, 0) is 6.42 Å². The van der Waals surface area contributed by atoms with E-state index in [1.807, 2.05) is 0 Å². The van der Waals surface area contributed by atoms with Crippen LogP contribution in [0.2, 0.25) is 0 Å². The molecule has 0 radical (unpaired) electrons. The van der Waals surface area contributed by atoms with Crippen molar-refractivity contribution in [3.63, 3.8) is 0 Å². The van der Waals surface area contributed by atoms with E-state index in [-0.39, 0.29) is 0 Å². The molecule has 2 heteroatoms. The number of nitrogens with zero attached hydrogens (tertiary/aromatic N) is 1. The maximum Gasteiger partial charge on any atom is 0.0485 e. The first-order valence-electron chi connectivity index (χ1n) is 5.69. The molecule has 0 amide bonds. The molecule has 0 spiro atoms. The summed E-state index contributed by atoms with van der Waals surface area (Å²) < 4.78 is 2.44. The van der Waals surface area contributed by atoms with Gasteiger partial charge in [0.15, 0.2) is 0 Å². The molecule has 1 aromatic carbocycles. The molecule has 2 N–H and O–H groups in total. The molecule has 0 saturated carbocycles. The van der Waals surface area contributed by atoms with Gasteiger partial charge in [0, 0.05) is 23.8 Å². The van der Waals surface area contributed by atoms with Crippen LogP contribution in [0.15, 0.2) is 30.3 Å². The Balaban J connectivity index is 2.27. The number of aromatic nitrogens is 1. The van der Waals surface area contributed by atoms with Crippen molar-refractivity contribution < 1.29 is 0 Å².